The molecule has 0 bridgehead atoms. The van der Waals surface area contributed by atoms with Crippen LogP contribution in [0.3, 0.4) is 0 Å². The minimum absolute atomic E-state index is 0.348. The van der Waals surface area contributed by atoms with Gasteiger partial charge in [-0.15, -0.1) is 0 Å². The van der Waals surface area contributed by atoms with Crippen molar-refractivity contribution in [1.29, 1.82) is 0 Å². The average molecular weight is 391 g/mol. The van der Waals surface area contributed by atoms with E-state index in [2.05, 4.69) is 60.9 Å². The van der Waals surface area contributed by atoms with Crippen LogP contribution in [0.2, 0.25) is 5.02 Å². The van der Waals surface area contributed by atoms with Crippen molar-refractivity contribution in [1.82, 2.24) is 5.32 Å². The highest BCUT2D eigenvalue weighted by Crippen LogP contribution is 2.27. The van der Waals surface area contributed by atoms with E-state index >= 15 is 0 Å². The lowest BCUT2D eigenvalue weighted by Gasteiger charge is -2.28. The zero-order valence-electron chi connectivity index (χ0n) is 16.0. The van der Waals surface area contributed by atoms with Gasteiger partial charge in [0.2, 0.25) is 0 Å². The monoisotopic (exact) mass is 390 g/mol. The fourth-order valence-electron chi connectivity index (χ4n) is 3.35. The van der Waals surface area contributed by atoms with Crippen LogP contribution < -0.4 is 15.5 Å². The molecular weight excluding hydrogens is 362 g/mol. The Morgan fingerprint density at radius 1 is 1.12 bits per heavy atom. The van der Waals surface area contributed by atoms with Crippen molar-refractivity contribution in [2.45, 2.75) is 33.7 Å². The van der Waals surface area contributed by atoms with Crippen LogP contribution in [0.4, 0.5) is 5.69 Å². The van der Waals surface area contributed by atoms with Gasteiger partial charge in [-0.3, -0.25) is 0 Å². The smallest absolute Gasteiger partial charge is 0.171 e. The molecule has 0 fully saturated rings. The summed E-state index contributed by atoms with van der Waals surface area (Å²) < 4.78 is 0. The molecule has 2 aromatic rings. The van der Waals surface area contributed by atoms with E-state index in [0.717, 1.165) is 36.4 Å². The predicted molar refractivity (Wildman–Crippen MR) is 116 cm³/mol. The second-order valence-electron chi connectivity index (χ2n) is 6.60. The van der Waals surface area contributed by atoms with Gasteiger partial charge in [-0.05, 0) is 57.1 Å². The summed E-state index contributed by atoms with van der Waals surface area (Å²) in [4.78, 5) is 1.52. The van der Waals surface area contributed by atoms with Gasteiger partial charge < -0.3 is 15.5 Å². The van der Waals surface area contributed by atoms with Crippen molar-refractivity contribution < 1.29 is 4.90 Å². The molecule has 0 saturated carbocycles. The van der Waals surface area contributed by atoms with Crippen molar-refractivity contribution in [2.24, 2.45) is 0 Å². The van der Waals surface area contributed by atoms with E-state index in [4.69, 9.17) is 23.8 Å². The number of anilines is 1. The third-order valence-electron chi connectivity index (χ3n) is 4.74. The number of thiocarbonyl (C=S) groups is 1. The van der Waals surface area contributed by atoms with Crippen molar-refractivity contribution in [3.63, 3.8) is 0 Å². The second kappa shape index (κ2) is 9.91. The molecule has 3 N–H and O–H groups in total. The van der Waals surface area contributed by atoms with Crippen molar-refractivity contribution in [2.75, 3.05) is 25.0 Å². The normalized spacial score (nSPS) is 12.1. The Balaban J connectivity index is 2.08. The Morgan fingerprint density at radius 3 is 2.35 bits per heavy atom. The van der Waals surface area contributed by atoms with Crippen molar-refractivity contribution >= 4 is 34.6 Å². The van der Waals surface area contributed by atoms with Crippen molar-refractivity contribution in [3.05, 3.63) is 64.2 Å². The summed E-state index contributed by atoms with van der Waals surface area (Å²) in [6.07, 6.45) is 0. The van der Waals surface area contributed by atoms with Crippen LogP contribution in [0.5, 0.6) is 0 Å². The van der Waals surface area contributed by atoms with Crippen LogP contribution in [0.15, 0.2) is 42.5 Å². The highest BCUT2D eigenvalue weighted by atomic mass is 35.5. The Hall–Kier alpha value is -1.62. The number of aryl methyl sites for hydroxylation is 2. The number of hydrogen-bond acceptors (Lipinski definition) is 1. The maximum atomic E-state index is 6.38. The standard InChI is InChI=1S/C21H28ClN3S/c1-5-25(6-2)19(17-10-8-7-9-11-17)14-23-21(26)24-20-16(4)12-15(3)13-18(20)22/h7-13,19H,5-6,14H2,1-4H3,(H2,23,24,26)/p+1/t19-/m0/s1. The summed E-state index contributed by atoms with van der Waals surface area (Å²) in [6, 6.07) is 15.0. The molecule has 0 saturated heterocycles. The molecule has 0 aliphatic heterocycles. The molecule has 0 aromatic heterocycles. The van der Waals surface area contributed by atoms with Gasteiger partial charge in [0.25, 0.3) is 0 Å². The van der Waals surface area contributed by atoms with Crippen LogP contribution in [-0.2, 0) is 0 Å². The molecule has 2 aromatic carbocycles. The minimum Gasteiger partial charge on any atom is -0.356 e. The first kappa shape index (κ1) is 20.7. The maximum absolute atomic E-state index is 6.38. The third-order valence-corrected chi connectivity index (χ3v) is 5.28. The van der Waals surface area contributed by atoms with Crippen LogP contribution in [0.1, 0.15) is 36.6 Å². The number of rotatable bonds is 7. The van der Waals surface area contributed by atoms with Crippen LogP contribution in [0.25, 0.3) is 0 Å². The number of halogens is 1. The first-order valence-corrected chi connectivity index (χ1v) is 9.96. The Kier molecular flexibility index (Phi) is 7.88. The first-order valence-electron chi connectivity index (χ1n) is 9.17. The van der Waals surface area contributed by atoms with Crippen molar-refractivity contribution in [3.8, 4) is 0 Å². The Bertz CT molecular complexity index is 706. The number of nitrogens with one attached hydrogen (secondary N) is 3. The van der Waals surface area contributed by atoms with E-state index in [1.165, 1.54) is 10.5 Å². The molecule has 5 heteroatoms. The highest BCUT2D eigenvalue weighted by molar-refractivity contribution is 7.80. The molecule has 0 aliphatic rings. The van der Waals surface area contributed by atoms with E-state index in [1.54, 1.807) is 0 Å². The number of quaternary nitrogens is 1. The van der Waals surface area contributed by atoms with Gasteiger partial charge in [0.05, 0.1) is 30.3 Å². The van der Waals surface area contributed by atoms with E-state index in [9.17, 15) is 0 Å². The largest absolute Gasteiger partial charge is 0.356 e. The van der Waals surface area contributed by atoms with Gasteiger partial charge in [0.15, 0.2) is 5.11 Å². The highest BCUT2D eigenvalue weighted by Gasteiger charge is 2.21. The van der Waals surface area contributed by atoms with E-state index < -0.39 is 0 Å². The van der Waals surface area contributed by atoms with Gasteiger partial charge in [-0.1, -0.05) is 48.0 Å². The third kappa shape index (κ3) is 5.44. The average Bonchev–Trinajstić information content (AvgIpc) is 2.62. The summed E-state index contributed by atoms with van der Waals surface area (Å²) >= 11 is 11.9. The van der Waals surface area contributed by atoms with Gasteiger partial charge in [0.1, 0.15) is 6.04 Å². The van der Waals surface area contributed by atoms with Crippen LogP contribution in [0, 0.1) is 13.8 Å². The summed E-state index contributed by atoms with van der Waals surface area (Å²) in [5.74, 6) is 0. The molecule has 140 valence electrons. The topological polar surface area (TPSA) is 28.5 Å². The Labute approximate surface area is 167 Å². The zero-order valence-corrected chi connectivity index (χ0v) is 17.6. The fourth-order valence-corrected chi connectivity index (χ4v) is 3.91. The van der Waals surface area contributed by atoms with Gasteiger partial charge in [0, 0.05) is 5.56 Å². The first-order chi connectivity index (χ1) is 12.5. The van der Waals surface area contributed by atoms with Gasteiger partial charge in [-0.2, -0.15) is 0 Å². The zero-order chi connectivity index (χ0) is 19.1. The molecule has 2 rings (SSSR count). The summed E-state index contributed by atoms with van der Waals surface area (Å²) in [7, 11) is 0. The number of benzene rings is 2. The molecule has 0 heterocycles. The summed E-state index contributed by atoms with van der Waals surface area (Å²) in [6.45, 7) is 11.4. The van der Waals surface area contributed by atoms with E-state index in [0.29, 0.717) is 16.2 Å². The van der Waals surface area contributed by atoms with Crippen LogP contribution >= 0.6 is 23.8 Å². The van der Waals surface area contributed by atoms with E-state index in [1.807, 2.05) is 19.9 Å². The number of hydrogen-bond donors (Lipinski definition) is 3. The molecular formula is C21H29ClN3S+. The molecule has 0 unspecified atom stereocenters. The van der Waals surface area contributed by atoms with Gasteiger partial charge in [-0.25, -0.2) is 0 Å². The molecule has 0 amide bonds. The van der Waals surface area contributed by atoms with Gasteiger partial charge >= 0.3 is 0 Å². The molecule has 3 nitrogen and oxygen atoms in total. The summed E-state index contributed by atoms with van der Waals surface area (Å²) in [5, 5.41) is 7.95. The maximum Gasteiger partial charge on any atom is 0.171 e. The second-order valence-corrected chi connectivity index (χ2v) is 7.42. The SMILES string of the molecule is CC[NH+](CC)[C@@H](CNC(=S)Nc1c(C)cc(C)cc1Cl)c1ccccc1. The van der Waals surface area contributed by atoms with E-state index in [-0.39, 0.29) is 0 Å². The lowest BCUT2D eigenvalue weighted by Crippen LogP contribution is -3.12. The molecule has 1 atom stereocenters. The predicted octanol–water partition coefficient (Wildman–Crippen LogP) is 3.91. The number of likely N-dealkylation sites (N-methyl/N-ethyl adjacent to an activating group) is 1. The quantitative estimate of drug-likeness (QED) is 0.626. The molecule has 0 spiro atoms. The molecule has 26 heavy (non-hydrogen) atoms. The summed E-state index contributed by atoms with van der Waals surface area (Å²) in [5.41, 5.74) is 4.44. The lowest BCUT2D eigenvalue weighted by atomic mass is 10.1. The minimum atomic E-state index is 0.348. The molecule has 0 aliphatic carbocycles. The van der Waals surface area contributed by atoms with Crippen LogP contribution in [-0.4, -0.2) is 24.7 Å². The fraction of sp³-hybridized carbons (Fsp3) is 0.381. The lowest BCUT2D eigenvalue weighted by molar-refractivity contribution is -0.927. The Morgan fingerprint density at radius 2 is 1.77 bits per heavy atom. The molecule has 0 radical (unpaired) electrons.